The van der Waals surface area contributed by atoms with Gasteiger partial charge in [0.05, 0.1) is 18.3 Å². The van der Waals surface area contributed by atoms with Crippen molar-refractivity contribution >= 4 is 40.1 Å². The van der Waals surface area contributed by atoms with Gasteiger partial charge in [0.15, 0.2) is 5.17 Å². The van der Waals surface area contributed by atoms with E-state index in [1.54, 1.807) is 4.90 Å². The number of hydrogen-bond donors (Lipinski definition) is 1. The Kier molecular flexibility index (Phi) is 6.73. The summed E-state index contributed by atoms with van der Waals surface area (Å²) in [6.07, 6.45) is 2.06. The number of aryl methyl sites for hydroxylation is 2. The van der Waals surface area contributed by atoms with E-state index >= 15 is 0 Å². The van der Waals surface area contributed by atoms with Crippen molar-refractivity contribution in [3.05, 3.63) is 59.7 Å². The van der Waals surface area contributed by atoms with E-state index in [9.17, 15) is 9.59 Å². The number of thioether (sulfide) groups is 1. The van der Waals surface area contributed by atoms with Gasteiger partial charge in [0.1, 0.15) is 5.25 Å². The second-order valence-electron chi connectivity index (χ2n) is 8.05. The van der Waals surface area contributed by atoms with Gasteiger partial charge in [-0.05, 0) is 62.1 Å². The molecule has 1 N–H and O–H groups in total. The SMILES string of the molecule is Cc1cc(C)cc(N=C2SC(CC(=O)Nc3ccccc3)C(=O)N2CC2CCCO2)c1. The lowest BCUT2D eigenvalue weighted by atomic mass is 10.1. The molecule has 2 amide bonds. The maximum absolute atomic E-state index is 13.2. The van der Waals surface area contributed by atoms with Crippen molar-refractivity contribution in [3.63, 3.8) is 0 Å². The van der Waals surface area contributed by atoms with Crippen molar-refractivity contribution in [3.8, 4) is 0 Å². The molecule has 7 heteroatoms. The molecule has 2 aliphatic rings. The highest BCUT2D eigenvalue weighted by Gasteiger charge is 2.40. The van der Waals surface area contributed by atoms with Crippen molar-refractivity contribution in [2.75, 3.05) is 18.5 Å². The molecule has 4 rings (SSSR count). The van der Waals surface area contributed by atoms with Crippen LogP contribution in [0, 0.1) is 13.8 Å². The Balaban J connectivity index is 1.53. The molecule has 2 aliphatic heterocycles. The number of hydrogen-bond acceptors (Lipinski definition) is 5. The summed E-state index contributed by atoms with van der Waals surface area (Å²) < 4.78 is 5.76. The van der Waals surface area contributed by atoms with Crippen LogP contribution in [0.2, 0.25) is 0 Å². The Morgan fingerprint density at radius 3 is 2.61 bits per heavy atom. The van der Waals surface area contributed by atoms with Crippen LogP contribution in [0.1, 0.15) is 30.4 Å². The Morgan fingerprint density at radius 2 is 1.94 bits per heavy atom. The maximum Gasteiger partial charge on any atom is 0.242 e. The fourth-order valence-electron chi connectivity index (χ4n) is 3.91. The van der Waals surface area contributed by atoms with Gasteiger partial charge in [-0.15, -0.1) is 0 Å². The fraction of sp³-hybridized carbons (Fsp3) is 0.375. The van der Waals surface area contributed by atoms with Gasteiger partial charge in [-0.3, -0.25) is 14.5 Å². The van der Waals surface area contributed by atoms with Crippen LogP contribution in [0.15, 0.2) is 53.5 Å². The molecule has 2 aromatic carbocycles. The van der Waals surface area contributed by atoms with Crippen LogP contribution in [-0.4, -0.2) is 46.4 Å². The van der Waals surface area contributed by atoms with E-state index in [2.05, 4.69) is 11.4 Å². The highest BCUT2D eigenvalue weighted by molar-refractivity contribution is 8.15. The molecule has 0 saturated carbocycles. The van der Waals surface area contributed by atoms with Crippen molar-refractivity contribution in [1.82, 2.24) is 4.90 Å². The third-order valence-electron chi connectivity index (χ3n) is 5.29. The van der Waals surface area contributed by atoms with Gasteiger partial charge in [-0.2, -0.15) is 0 Å². The van der Waals surface area contributed by atoms with Crippen LogP contribution in [0.3, 0.4) is 0 Å². The second-order valence-corrected chi connectivity index (χ2v) is 9.22. The molecule has 2 fully saturated rings. The highest BCUT2D eigenvalue weighted by Crippen LogP contribution is 2.33. The molecular weight excluding hydrogens is 410 g/mol. The van der Waals surface area contributed by atoms with E-state index in [1.807, 2.05) is 56.3 Å². The number of amides is 2. The van der Waals surface area contributed by atoms with E-state index in [4.69, 9.17) is 9.73 Å². The lowest BCUT2D eigenvalue weighted by molar-refractivity contribution is -0.129. The zero-order chi connectivity index (χ0) is 21.8. The lowest BCUT2D eigenvalue weighted by Crippen LogP contribution is -2.38. The first-order valence-corrected chi connectivity index (χ1v) is 11.5. The molecule has 2 atom stereocenters. The van der Waals surface area contributed by atoms with Crippen LogP contribution in [0.5, 0.6) is 0 Å². The Morgan fingerprint density at radius 1 is 1.19 bits per heavy atom. The zero-order valence-corrected chi connectivity index (χ0v) is 18.7. The van der Waals surface area contributed by atoms with Gasteiger partial charge in [-0.1, -0.05) is 36.0 Å². The minimum atomic E-state index is -0.491. The standard InChI is InChI=1S/C24H27N3O3S/c1-16-11-17(2)13-19(12-16)26-24-27(15-20-9-6-10-30-20)23(29)21(31-24)14-22(28)25-18-7-4-3-5-8-18/h3-5,7-8,11-13,20-21H,6,9-10,14-15H2,1-2H3,(H,25,28). The number of para-hydroxylation sites is 1. The number of benzene rings is 2. The van der Waals surface area contributed by atoms with Gasteiger partial charge >= 0.3 is 0 Å². The van der Waals surface area contributed by atoms with Crippen molar-refractivity contribution in [2.24, 2.45) is 4.99 Å². The third kappa shape index (κ3) is 5.54. The zero-order valence-electron chi connectivity index (χ0n) is 17.8. The molecule has 2 aromatic rings. The summed E-state index contributed by atoms with van der Waals surface area (Å²) in [6.45, 7) is 5.27. The van der Waals surface area contributed by atoms with Crippen molar-refractivity contribution < 1.29 is 14.3 Å². The predicted octanol–water partition coefficient (Wildman–Crippen LogP) is 4.44. The summed E-state index contributed by atoms with van der Waals surface area (Å²) >= 11 is 1.37. The molecule has 0 aliphatic carbocycles. The Hall–Kier alpha value is -2.64. The van der Waals surface area contributed by atoms with Crippen molar-refractivity contribution in [1.29, 1.82) is 0 Å². The number of carbonyl (C=O) groups is 2. The van der Waals surface area contributed by atoms with Crippen LogP contribution in [0.25, 0.3) is 0 Å². The van der Waals surface area contributed by atoms with E-state index in [0.717, 1.165) is 42.0 Å². The number of rotatable bonds is 6. The smallest absolute Gasteiger partial charge is 0.242 e. The first-order valence-electron chi connectivity index (χ1n) is 10.6. The summed E-state index contributed by atoms with van der Waals surface area (Å²) in [7, 11) is 0. The Labute approximate surface area is 187 Å². The van der Waals surface area contributed by atoms with Gasteiger partial charge in [0.2, 0.25) is 11.8 Å². The molecular formula is C24H27N3O3S. The van der Waals surface area contributed by atoms with E-state index < -0.39 is 5.25 Å². The maximum atomic E-state index is 13.2. The summed E-state index contributed by atoms with van der Waals surface area (Å²) in [5.74, 6) is -0.256. The van der Waals surface area contributed by atoms with Gasteiger partial charge in [0.25, 0.3) is 0 Å². The largest absolute Gasteiger partial charge is 0.376 e. The minimum Gasteiger partial charge on any atom is -0.376 e. The number of ether oxygens (including phenoxy) is 1. The van der Waals surface area contributed by atoms with E-state index in [0.29, 0.717) is 11.7 Å². The van der Waals surface area contributed by atoms with Gasteiger partial charge in [-0.25, -0.2) is 4.99 Å². The molecule has 6 nitrogen and oxygen atoms in total. The summed E-state index contributed by atoms with van der Waals surface area (Å²) in [5, 5.41) is 3.02. The lowest BCUT2D eigenvalue weighted by Gasteiger charge is -2.20. The second kappa shape index (κ2) is 9.66. The number of aliphatic imine (C=N–C) groups is 1. The fourth-order valence-corrected chi connectivity index (χ4v) is 5.08. The minimum absolute atomic E-state index is 0.0193. The molecule has 162 valence electrons. The number of nitrogens with zero attached hydrogens (tertiary/aromatic N) is 2. The molecule has 0 radical (unpaired) electrons. The van der Waals surface area contributed by atoms with Crippen LogP contribution < -0.4 is 5.32 Å². The first kappa shape index (κ1) is 21.6. The van der Waals surface area contributed by atoms with Crippen LogP contribution >= 0.6 is 11.8 Å². The summed E-state index contributed by atoms with van der Waals surface area (Å²) in [4.78, 5) is 32.3. The monoisotopic (exact) mass is 437 g/mol. The predicted molar refractivity (Wildman–Crippen MR) is 125 cm³/mol. The number of amidine groups is 1. The molecule has 31 heavy (non-hydrogen) atoms. The van der Waals surface area contributed by atoms with E-state index in [1.165, 1.54) is 11.8 Å². The number of carbonyl (C=O) groups excluding carboxylic acids is 2. The third-order valence-corrected chi connectivity index (χ3v) is 6.47. The molecule has 0 aromatic heterocycles. The average molecular weight is 438 g/mol. The van der Waals surface area contributed by atoms with Gasteiger partial charge in [0, 0.05) is 18.7 Å². The highest BCUT2D eigenvalue weighted by atomic mass is 32.2. The van der Waals surface area contributed by atoms with Crippen LogP contribution in [-0.2, 0) is 14.3 Å². The molecule has 2 unspecified atom stereocenters. The molecule has 2 saturated heterocycles. The summed E-state index contributed by atoms with van der Waals surface area (Å²) in [6, 6.07) is 15.4. The number of nitrogens with one attached hydrogen (secondary N) is 1. The number of anilines is 1. The topological polar surface area (TPSA) is 71.0 Å². The summed E-state index contributed by atoms with van der Waals surface area (Å²) in [5.41, 5.74) is 3.79. The average Bonchev–Trinajstić information content (AvgIpc) is 3.32. The Bertz CT molecular complexity index is 967. The van der Waals surface area contributed by atoms with Crippen molar-refractivity contribution in [2.45, 2.75) is 44.5 Å². The van der Waals surface area contributed by atoms with Crippen LogP contribution in [0.4, 0.5) is 11.4 Å². The quantitative estimate of drug-likeness (QED) is 0.725. The van der Waals surface area contributed by atoms with E-state index in [-0.39, 0.29) is 24.3 Å². The molecule has 0 bridgehead atoms. The van der Waals surface area contributed by atoms with Gasteiger partial charge < -0.3 is 10.1 Å². The molecule has 2 heterocycles. The normalized spacial score (nSPS) is 22.3. The first-order chi connectivity index (χ1) is 15.0. The molecule has 0 spiro atoms.